The van der Waals surface area contributed by atoms with Gasteiger partial charge in [0.2, 0.25) is 0 Å². The second kappa shape index (κ2) is 5.16. The van der Waals surface area contributed by atoms with E-state index in [1.54, 1.807) is 4.90 Å². The van der Waals surface area contributed by atoms with Crippen LogP contribution in [0.3, 0.4) is 0 Å². The van der Waals surface area contributed by atoms with Gasteiger partial charge in [0.1, 0.15) is 5.60 Å². The van der Waals surface area contributed by atoms with E-state index in [9.17, 15) is 14.7 Å². The van der Waals surface area contributed by atoms with Gasteiger partial charge in [-0.1, -0.05) is 0 Å². The number of hydrogen-bond donors (Lipinski definition) is 1. The van der Waals surface area contributed by atoms with Gasteiger partial charge in [-0.2, -0.15) is 0 Å². The molecule has 6 nitrogen and oxygen atoms in total. The summed E-state index contributed by atoms with van der Waals surface area (Å²) in [6.07, 6.45) is 1.72. The van der Waals surface area contributed by atoms with Crippen molar-refractivity contribution in [3.8, 4) is 0 Å². The fraction of sp³-hybridized carbons (Fsp3) is 0.867. The zero-order valence-corrected chi connectivity index (χ0v) is 13.3. The molecule has 2 aliphatic rings. The summed E-state index contributed by atoms with van der Waals surface area (Å²) in [5, 5.41) is 9.60. The number of aliphatic hydroxyl groups is 1. The minimum absolute atomic E-state index is 0.188. The lowest BCUT2D eigenvalue weighted by Gasteiger charge is -2.35. The van der Waals surface area contributed by atoms with E-state index >= 15 is 0 Å². The average Bonchev–Trinajstić information content (AvgIpc) is 3.05. The number of carbonyl (C=O) groups excluding carboxylic acids is 2. The molecule has 0 aromatic heterocycles. The lowest BCUT2D eigenvalue weighted by Crippen LogP contribution is -2.44. The smallest absolute Gasteiger partial charge is 0.410 e. The molecule has 1 heterocycles. The number of aliphatic hydroxyl groups excluding tert-OH is 1. The molecule has 1 saturated heterocycles. The van der Waals surface area contributed by atoms with Crippen molar-refractivity contribution >= 4 is 12.1 Å². The molecule has 1 N–H and O–H groups in total. The first-order valence-corrected chi connectivity index (χ1v) is 7.37. The Bertz CT molecular complexity index is 434. The molecule has 6 heteroatoms. The van der Waals surface area contributed by atoms with Crippen molar-refractivity contribution in [2.45, 2.75) is 45.6 Å². The maximum absolute atomic E-state index is 12.0. The first-order chi connectivity index (χ1) is 9.70. The summed E-state index contributed by atoms with van der Waals surface area (Å²) in [5.74, 6) is -0.337. The Labute approximate surface area is 125 Å². The van der Waals surface area contributed by atoms with Crippen LogP contribution in [0.25, 0.3) is 0 Å². The van der Waals surface area contributed by atoms with Gasteiger partial charge in [0, 0.05) is 13.1 Å². The Balaban J connectivity index is 1.96. The Hall–Kier alpha value is -1.30. The summed E-state index contributed by atoms with van der Waals surface area (Å²) in [6, 6.07) is 0. The Morgan fingerprint density at radius 1 is 1.24 bits per heavy atom. The van der Waals surface area contributed by atoms with Gasteiger partial charge in [-0.05, 0) is 45.4 Å². The number of piperidine rings is 1. The lowest BCUT2D eigenvalue weighted by molar-refractivity contribution is -0.151. The monoisotopic (exact) mass is 299 g/mol. The molecular weight excluding hydrogens is 274 g/mol. The van der Waals surface area contributed by atoms with E-state index in [-0.39, 0.29) is 24.1 Å². The van der Waals surface area contributed by atoms with Gasteiger partial charge in [0.05, 0.1) is 19.1 Å². The van der Waals surface area contributed by atoms with Crippen LogP contribution in [0, 0.1) is 10.8 Å². The van der Waals surface area contributed by atoms with Crippen LogP contribution < -0.4 is 0 Å². The Morgan fingerprint density at radius 2 is 1.81 bits per heavy atom. The zero-order valence-electron chi connectivity index (χ0n) is 13.3. The van der Waals surface area contributed by atoms with E-state index in [4.69, 9.17) is 9.47 Å². The SMILES string of the molecule is COC(=O)C1(CO)CC12CCN(C(=O)OC(C)(C)C)CC2. The number of methoxy groups -OCH3 is 1. The molecular formula is C15H25NO5. The van der Waals surface area contributed by atoms with E-state index < -0.39 is 11.0 Å². The summed E-state index contributed by atoms with van der Waals surface area (Å²) in [4.78, 5) is 25.6. The quantitative estimate of drug-likeness (QED) is 0.783. The summed E-state index contributed by atoms with van der Waals surface area (Å²) < 4.78 is 10.2. The minimum atomic E-state index is -0.762. The number of likely N-dealkylation sites (tertiary alicyclic amines) is 1. The fourth-order valence-electron chi connectivity index (χ4n) is 3.40. The van der Waals surface area contributed by atoms with Gasteiger partial charge >= 0.3 is 12.1 Å². The van der Waals surface area contributed by atoms with Crippen LogP contribution in [0.15, 0.2) is 0 Å². The summed E-state index contributed by atoms with van der Waals surface area (Å²) >= 11 is 0. The summed E-state index contributed by atoms with van der Waals surface area (Å²) in [5.41, 5.74) is -1.48. The van der Waals surface area contributed by atoms with Crippen molar-refractivity contribution in [3.05, 3.63) is 0 Å². The van der Waals surface area contributed by atoms with Crippen molar-refractivity contribution < 1.29 is 24.2 Å². The number of rotatable bonds is 2. The standard InChI is InChI=1S/C15H25NO5/c1-13(2,3)21-12(19)16-7-5-14(6-8-16)9-15(14,10-17)11(18)20-4/h17H,5-10H2,1-4H3. The maximum atomic E-state index is 12.0. The third-order valence-electron chi connectivity index (χ3n) is 4.75. The number of carbonyl (C=O) groups is 2. The van der Waals surface area contributed by atoms with Crippen molar-refractivity contribution in [2.24, 2.45) is 10.8 Å². The number of hydrogen-bond acceptors (Lipinski definition) is 5. The van der Waals surface area contributed by atoms with Crippen LogP contribution in [0.5, 0.6) is 0 Å². The van der Waals surface area contributed by atoms with Gasteiger partial charge in [-0.15, -0.1) is 0 Å². The molecule has 2 rings (SSSR count). The molecule has 0 bridgehead atoms. The van der Waals surface area contributed by atoms with E-state index in [0.717, 1.165) is 0 Å². The van der Waals surface area contributed by atoms with E-state index in [1.807, 2.05) is 20.8 Å². The molecule has 1 aliphatic carbocycles. The third-order valence-corrected chi connectivity index (χ3v) is 4.75. The fourth-order valence-corrected chi connectivity index (χ4v) is 3.40. The third kappa shape index (κ3) is 2.73. The summed E-state index contributed by atoms with van der Waals surface area (Å²) in [6.45, 7) is 6.43. The van der Waals surface area contributed by atoms with Gasteiger partial charge in [0.25, 0.3) is 0 Å². The number of ether oxygens (including phenoxy) is 2. The van der Waals surface area contributed by atoms with E-state index in [2.05, 4.69) is 0 Å². The van der Waals surface area contributed by atoms with E-state index in [0.29, 0.717) is 32.4 Å². The number of esters is 1. The molecule has 1 spiro atoms. The van der Waals surface area contributed by atoms with E-state index in [1.165, 1.54) is 7.11 Å². The molecule has 0 aromatic rings. The lowest BCUT2D eigenvalue weighted by atomic mass is 9.84. The van der Waals surface area contributed by atoms with Crippen molar-refractivity contribution in [3.63, 3.8) is 0 Å². The average molecular weight is 299 g/mol. The van der Waals surface area contributed by atoms with Crippen LogP contribution in [-0.2, 0) is 14.3 Å². The predicted molar refractivity (Wildman–Crippen MR) is 75.6 cm³/mol. The topological polar surface area (TPSA) is 76.1 Å². The highest BCUT2D eigenvalue weighted by Crippen LogP contribution is 2.69. The Kier molecular flexibility index (Phi) is 3.95. The molecule has 1 unspecified atom stereocenters. The van der Waals surface area contributed by atoms with Crippen LogP contribution >= 0.6 is 0 Å². The molecule has 21 heavy (non-hydrogen) atoms. The van der Waals surface area contributed by atoms with Crippen LogP contribution in [0.1, 0.15) is 40.0 Å². The zero-order chi connectivity index (χ0) is 15.9. The largest absolute Gasteiger partial charge is 0.469 e. The molecule has 0 aromatic carbocycles. The molecule has 1 atom stereocenters. The number of amides is 1. The highest BCUT2D eigenvalue weighted by atomic mass is 16.6. The normalized spacial score (nSPS) is 27.4. The molecule has 0 radical (unpaired) electrons. The Morgan fingerprint density at radius 3 is 2.24 bits per heavy atom. The molecule has 1 amide bonds. The number of nitrogens with zero attached hydrogens (tertiary/aromatic N) is 1. The minimum Gasteiger partial charge on any atom is -0.469 e. The molecule has 120 valence electrons. The highest BCUT2D eigenvalue weighted by molar-refractivity contribution is 5.82. The van der Waals surface area contributed by atoms with Gasteiger partial charge in [-0.25, -0.2) is 4.79 Å². The van der Waals surface area contributed by atoms with Crippen LogP contribution in [0.4, 0.5) is 4.79 Å². The summed E-state index contributed by atoms with van der Waals surface area (Å²) in [7, 11) is 1.35. The van der Waals surface area contributed by atoms with Crippen molar-refractivity contribution in [1.82, 2.24) is 4.90 Å². The molecule has 1 saturated carbocycles. The van der Waals surface area contributed by atoms with Gasteiger partial charge in [-0.3, -0.25) is 4.79 Å². The first-order valence-electron chi connectivity index (χ1n) is 7.37. The highest BCUT2D eigenvalue weighted by Gasteiger charge is 2.72. The van der Waals surface area contributed by atoms with Crippen molar-refractivity contribution in [2.75, 3.05) is 26.8 Å². The maximum Gasteiger partial charge on any atom is 0.410 e. The van der Waals surface area contributed by atoms with Gasteiger partial charge < -0.3 is 19.5 Å². The first kappa shape index (κ1) is 16.1. The van der Waals surface area contributed by atoms with Gasteiger partial charge in [0.15, 0.2) is 0 Å². The van der Waals surface area contributed by atoms with Crippen LogP contribution in [0.2, 0.25) is 0 Å². The van der Waals surface area contributed by atoms with Crippen LogP contribution in [-0.4, -0.2) is 54.5 Å². The molecule has 2 fully saturated rings. The second-order valence-corrected chi connectivity index (χ2v) is 7.16. The molecule has 1 aliphatic heterocycles. The van der Waals surface area contributed by atoms with Crippen molar-refractivity contribution in [1.29, 1.82) is 0 Å². The predicted octanol–water partition coefficient (Wildman–Crippen LogP) is 1.56. The second-order valence-electron chi connectivity index (χ2n) is 7.16.